The molecule has 0 aromatic heterocycles. The van der Waals surface area contributed by atoms with Crippen LogP contribution in [0, 0.1) is 0 Å². The molecule has 2 aromatic carbocycles. The van der Waals surface area contributed by atoms with Gasteiger partial charge in [-0.05, 0) is 54.8 Å². The van der Waals surface area contributed by atoms with E-state index in [0.29, 0.717) is 26.2 Å². The highest BCUT2D eigenvalue weighted by molar-refractivity contribution is 7.89. The van der Waals surface area contributed by atoms with Crippen molar-refractivity contribution in [2.24, 2.45) is 0 Å². The van der Waals surface area contributed by atoms with E-state index in [1.807, 2.05) is 12.1 Å². The van der Waals surface area contributed by atoms with Gasteiger partial charge in [-0.15, -0.1) is 0 Å². The molecule has 0 aliphatic carbocycles. The molecule has 0 saturated carbocycles. The molecule has 178 valence electrons. The van der Waals surface area contributed by atoms with Gasteiger partial charge in [0.05, 0.1) is 23.0 Å². The Bertz CT molecular complexity index is 1210. The number of nitrogens with zero attached hydrogens (tertiary/aromatic N) is 2. The zero-order valence-corrected chi connectivity index (χ0v) is 19.8. The number of rotatable bonds is 7. The van der Waals surface area contributed by atoms with Gasteiger partial charge < -0.3 is 9.64 Å². The molecule has 2 aliphatic heterocycles. The van der Waals surface area contributed by atoms with E-state index in [0.717, 1.165) is 24.1 Å². The lowest BCUT2D eigenvalue weighted by Gasteiger charge is -2.27. The maximum absolute atomic E-state index is 12.8. The molecule has 2 aliphatic rings. The van der Waals surface area contributed by atoms with Crippen LogP contribution in [0.3, 0.4) is 0 Å². The first-order valence-corrected chi connectivity index (χ1v) is 13.8. The lowest BCUT2D eigenvalue weighted by atomic mass is 10.1. The Hall–Kier alpha value is -2.31. The van der Waals surface area contributed by atoms with Gasteiger partial charge in [0, 0.05) is 38.3 Å². The van der Waals surface area contributed by atoms with Crippen LogP contribution in [0.25, 0.3) is 0 Å². The number of piperidine rings is 1. The number of benzene rings is 2. The van der Waals surface area contributed by atoms with E-state index in [4.69, 9.17) is 4.74 Å². The van der Waals surface area contributed by atoms with Gasteiger partial charge in [-0.1, -0.05) is 12.1 Å². The van der Waals surface area contributed by atoms with Crippen LogP contribution in [0.1, 0.15) is 24.8 Å². The number of hydrogen-bond donors (Lipinski definition) is 1. The zero-order chi connectivity index (χ0) is 23.5. The summed E-state index contributed by atoms with van der Waals surface area (Å²) in [6.45, 7) is 1.92. The van der Waals surface area contributed by atoms with Crippen molar-refractivity contribution in [3.63, 3.8) is 0 Å². The smallest absolute Gasteiger partial charge is 0.243 e. The third kappa shape index (κ3) is 5.44. The van der Waals surface area contributed by atoms with E-state index in [-0.39, 0.29) is 35.3 Å². The third-order valence-corrected chi connectivity index (χ3v) is 9.08. The number of ether oxygens (including phenoxy) is 1. The van der Waals surface area contributed by atoms with Crippen molar-refractivity contribution in [2.45, 2.75) is 35.6 Å². The highest BCUT2D eigenvalue weighted by Crippen LogP contribution is 2.23. The molecular formula is C22H27N3O6S2. The van der Waals surface area contributed by atoms with Crippen LogP contribution in [-0.2, 0) is 36.1 Å². The van der Waals surface area contributed by atoms with Crippen molar-refractivity contribution < 1.29 is 26.4 Å². The number of sulfonamides is 2. The number of carbonyl (C=O) groups excluding carboxylic acids is 1. The van der Waals surface area contributed by atoms with Gasteiger partial charge in [0.15, 0.2) is 0 Å². The summed E-state index contributed by atoms with van der Waals surface area (Å²) in [5.74, 6) is 0.0751. The van der Waals surface area contributed by atoms with Crippen molar-refractivity contribution in [1.29, 1.82) is 0 Å². The maximum atomic E-state index is 12.8. The average Bonchev–Trinajstić information content (AvgIpc) is 2.84. The molecule has 0 radical (unpaired) electrons. The lowest BCUT2D eigenvalue weighted by molar-refractivity contribution is -0.119. The second kappa shape index (κ2) is 9.90. The minimum absolute atomic E-state index is 0.0224. The molecule has 33 heavy (non-hydrogen) atoms. The predicted octanol–water partition coefficient (Wildman–Crippen LogP) is 1.70. The zero-order valence-electron chi connectivity index (χ0n) is 18.1. The summed E-state index contributed by atoms with van der Waals surface area (Å²) in [6, 6.07) is 12.4. The molecule has 11 heteroatoms. The summed E-state index contributed by atoms with van der Waals surface area (Å²) < 4.78 is 60.0. The Kier molecular flexibility index (Phi) is 7.15. The average molecular weight is 494 g/mol. The van der Waals surface area contributed by atoms with Gasteiger partial charge in [-0.2, -0.15) is 4.31 Å². The summed E-state index contributed by atoms with van der Waals surface area (Å²) in [5, 5.41) is 0. The lowest BCUT2D eigenvalue weighted by Crippen LogP contribution is -2.40. The first-order chi connectivity index (χ1) is 15.8. The fourth-order valence-electron chi connectivity index (χ4n) is 3.90. The van der Waals surface area contributed by atoms with Gasteiger partial charge in [0.25, 0.3) is 0 Å². The number of anilines is 1. The first-order valence-electron chi connectivity index (χ1n) is 10.8. The molecule has 0 bridgehead atoms. The molecule has 2 aromatic rings. The molecule has 4 rings (SSSR count). The summed E-state index contributed by atoms with van der Waals surface area (Å²) in [4.78, 5) is 13.9. The van der Waals surface area contributed by atoms with E-state index in [2.05, 4.69) is 4.72 Å². The van der Waals surface area contributed by atoms with Crippen LogP contribution in [0.5, 0.6) is 0 Å². The monoisotopic (exact) mass is 493 g/mol. The van der Waals surface area contributed by atoms with Crippen molar-refractivity contribution in [1.82, 2.24) is 9.03 Å². The van der Waals surface area contributed by atoms with Crippen LogP contribution in [0.2, 0.25) is 0 Å². The molecule has 0 unspecified atom stereocenters. The Morgan fingerprint density at radius 1 is 0.879 bits per heavy atom. The summed E-state index contributed by atoms with van der Waals surface area (Å²) in [7, 11) is -7.55. The molecule has 1 N–H and O–H groups in total. The van der Waals surface area contributed by atoms with Gasteiger partial charge >= 0.3 is 0 Å². The van der Waals surface area contributed by atoms with Crippen LogP contribution in [0.15, 0.2) is 58.3 Å². The third-order valence-electron chi connectivity index (χ3n) is 5.75. The highest BCUT2D eigenvalue weighted by atomic mass is 32.2. The van der Waals surface area contributed by atoms with Gasteiger partial charge in [-0.3, -0.25) is 4.79 Å². The topological polar surface area (TPSA) is 113 Å². The van der Waals surface area contributed by atoms with Crippen molar-refractivity contribution in [3.05, 3.63) is 54.1 Å². The van der Waals surface area contributed by atoms with E-state index < -0.39 is 20.0 Å². The normalized spacial score (nSPS) is 18.4. The molecule has 1 amide bonds. The van der Waals surface area contributed by atoms with E-state index >= 15 is 0 Å². The van der Waals surface area contributed by atoms with Gasteiger partial charge in [0.2, 0.25) is 26.0 Å². The van der Waals surface area contributed by atoms with Gasteiger partial charge in [-0.25, -0.2) is 21.6 Å². The first kappa shape index (κ1) is 23.8. The largest absolute Gasteiger partial charge is 0.379 e. The molecule has 2 saturated heterocycles. The quantitative estimate of drug-likeness (QED) is 0.628. The van der Waals surface area contributed by atoms with Crippen LogP contribution in [-0.4, -0.2) is 59.9 Å². The van der Waals surface area contributed by atoms with Crippen molar-refractivity contribution in [2.75, 3.05) is 37.7 Å². The number of carbonyl (C=O) groups is 1. The minimum atomic E-state index is -3.85. The van der Waals surface area contributed by atoms with E-state index in [1.165, 1.54) is 28.6 Å². The number of hydrogen-bond acceptors (Lipinski definition) is 6. The summed E-state index contributed by atoms with van der Waals surface area (Å²) in [6.07, 6.45) is 2.36. The molecule has 0 atom stereocenters. The van der Waals surface area contributed by atoms with Crippen molar-refractivity contribution in [3.8, 4) is 0 Å². The van der Waals surface area contributed by atoms with Crippen LogP contribution in [0.4, 0.5) is 5.69 Å². The Morgan fingerprint density at radius 3 is 2.27 bits per heavy atom. The second-order valence-electron chi connectivity index (χ2n) is 7.98. The Balaban J connectivity index is 1.44. The fraction of sp³-hybridized carbons (Fsp3) is 0.409. The Morgan fingerprint density at radius 2 is 1.58 bits per heavy atom. The van der Waals surface area contributed by atoms with Crippen LogP contribution < -0.4 is 9.62 Å². The molecule has 0 spiro atoms. The fourth-order valence-corrected chi connectivity index (χ4v) is 6.33. The number of morpholine rings is 1. The van der Waals surface area contributed by atoms with E-state index in [1.54, 1.807) is 17.0 Å². The second-order valence-corrected chi connectivity index (χ2v) is 11.7. The van der Waals surface area contributed by atoms with Crippen molar-refractivity contribution >= 4 is 31.6 Å². The predicted molar refractivity (Wildman–Crippen MR) is 123 cm³/mol. The Labute approximate surface area is 194 Å². The van der Waals surface area contributed by atoms with Crippen LogP contribution >= 0.6 is 0 Å². The van der Waals surface area contributed by atoms with Gasteiger partial charge in [0.1, 0.15) is 0 Å². The molecule has 2 heterocycles. The summed E-state index contributed by atoms with van der Waals surface area (Å²) >= 11 is 0. The number of amides is 1. The highest BCUT2D eigenvalue weighted by Gasteiger charge is 2.27. The standard InChI is InChI=1S/C22H27N3O6S2/c26-22-6-1-2-11-25(22)19-5-3-4-18(16-19)17-23-32(27,28)20-7-9-21(10-8-20)33(29,30)24-12-14-31-15-13-24/h3-5,7-10,16,23H,1-2,6,11-15,17H2. The maximum Gasteiger partial charge on any atom is 0.243 e. The SMILES string of the molecule is O=C1CCCCN1c1cccc(CNS(=O)(=O)c2ccc(S(=O)(=O)N3CCOCC3)cc2)c1. The molecule has 2 fully saturated rings. The molecular weight excluding hydrogens is 466 g/mol. The molecule has 9 nitrogen and oxygen atoms in total. The number of nitrogens with one attached hydrogen (secondary N) is 1. The summed E-state index contributed by atoms with van der Waals surface area (Å²) in [5.41, 5.74) is 1.48. The van der Waals surface area contributed by atoms with E-state index in [9.17, 15) is 21.6 Å². The minimum Gasteiger partial charge on any atom is -0.379 e.